The van der Waals surface area contributed by atoms with E-state index in [0.717, 1.165) is 32.3 Å². The van der Waals surface area contributed by atoms with Crippen molar-refractivity contribution < 1.29 is 19.4 Å². The third-order valence-electron chi connectivity index (χ3n) is 5.32. The fourth-order valence-electron chi connectivity index (χ4n) is 3.59. The minimum absolute atomic E-state index is 0.0627. The van der Waals surface area contributed by atoms with E-state index < -0.39 is 11.6 Å². The zero-order valence-electron chi connectivity index (χ0n) is 15.2. The van der Waals surface area contributed by atoms with Gasteiger partial charge in [-0.2, -0.15) is 0 Å². The lowest BCUT2D eigenvalue weighted by molar-refractivity contribution is -0.158. The van der Waals surface area contributed by atoms with Gasteiger partial charge < -0.3 is 19.9 Å². The minimum atomic E-state index is -1.04. The van der Waals surface area contributed by atoms with Gasteiger partial charge in [-0.3, -0.25) is 4.79 Å². The summed E-state index contributed by atoms with van der Waals surface area (Å²) in [6.45, 7) is 10.4. The van der Waals surface area contributed by atoms with Crippen LogP contribution in [0.25, 0.3) is 0 Å². The van der Waals surface area contributed by atoms with Gasteiger partial charge in [-0.1, -0.05) is 13.8 Å². The monoisotopic (exact) mass is 327 g/mol. The van der Waals surface area contributed by atoms with Crippen LogP contribution in [0.4, 0.5) is 0 Å². The van der Waals surface area contributed by atoms with Crippen LogP contribution >= 0.6 is 0 Å². The summed E-state index contributed by atoms with van der Waals surface area (Å²) >= 11 is 0. The summed E-state index contributed by atoms with van der Waals surface area (Å²) in [6, 6.07) is -0.436. The van der Waals surface area contributed by atoms with Gasteiger partial charge in [-0.25, -0.2) is 0 Å². The molecule has 1 saturated carbocycles. The van der Waals surface area contributed by atoms with Crippen molar-refractivity contribution >= 4 is 5.91 Å². The van der Waals surface area contributed by atoms with E-state index in [1.165, 1.54) is 0 Å². The van der Waals surface area contributed by atoms with E-state index in [0.29, 0.717) is 12.7 Å². The molecular formula is C18H33NO4. The average Bonchev–Trinajstić information content (AvgIpc) is 2.50. The van der Waals surface area contributed by atoms with Crippen molar-refractivity contribution in [2.75, 3.05) is 13.2 Å². The molecule has 1 amide bonds. The Kier molecular flexibility index (Phi) is 5.75. The molecule has 5 heteroatoms. The number of carbonyl (C=O) groups excluding carboxylic acids is 1. The number of hydrogen-bond acceptors (Lipinski definition) is 4. The van der Waals surface area contributed by atoms with Crippen molar-refractivity contribution in [3.05, 3.63) is 0 Å². The molecule has 3 rings (SSSR count). The van der Waals surface area contributed by atoms with Crippen LogP contribution in [-0.4, -0.2) is 48.1 Å². The molecule has 3 fully saturated rings. The summed E-state index contributed by atoms with van der Waals surface area (Å²) in [4.78, 5) is 12.0. The highest BCUT2D eigenvalue weighted by atomic mass is 16.5. The molecule has 0 aromatic rings. The van der Waals surface area contributed by atoms with Crippen molar-refractivity contribution in [3.8, 4) is 0 Å². The Morgan fingerprint density at radius 3 is 2.39 bits per heavy atom. The second kappa shape index (κ2) is 7.08. The van der Waals surface area contributed by atoms with E-state index in [4.69, 9.17) is 9.47 Å². The standard InChI is InChI=1S/C18H33NO4/c1-12(2)16(20)19-15(17(4,5)21)13(3)22-10-18-8-6-14(7-9-18)23-11-18/h12-15,21H,6-11H2,1-5H3,(H,19,20). The van der Waals surface area contributed by atoms with Crippen LogP contribution in [0.2, 0.25) is 0 Å². The molecule has 0 aromatic carbocycles. The number of hydrogen-bond donors (Lipinski definition) is 2. The van der Waals surface area contributed by atoms with E-state index >= 15 is 0 Å². The lowest BCUT2D eigenvalue weighted by atomic mass is 9.72. The molecule has 2 N–H and O–H groups in total. The third kappa shape index (κ3) is 4.68. The molecule has 2 heterocycles. The van der Waals surface area contributed by atoms with Crippen molar-refractivity contribution in [1.82, 2.24) is 5.32 Å². The summed E-state index contributed by atoms with van der Waals surface area (Å²) < 4.78 is 12.0. The lowest BCUT2D eigenvalue weighted by Gasteiger charge is -2.47. The van der Waals surface area contributed by atoms with Gasteiger partial charge in [0.2, 0.25) is 5.91 Å². The van der Waals surface area contributed by atoms with Crippen LogP contribution in [0.3, 0.4) is 0 Å². The maximum atomic E-state index is 12.0. The van der Waals surface area contributed by atoms with E-state index in [1.807, 2.05) is 20.8 Å². The molecule has 2 aliphatic heterocycles. The normalized spacial score (nSPS) is 30.3. The Morgan fingerprint density at radius 2 is 1.96 bits per heavy atom. The first kappa shape index (κ1) is 18.7. The number of carbonyl (C=O) groups is 1. The zero-order chi connectivity index (χ0) is 17.3. The maximum Gasteiger partial charge on any atom is 0.222 e. The fourth-order valence-corrected chi connectivity index (χ4v) is 3.59. The van der Waals surface area contributed by atoms with Gasteiger partial charge in [-0.15, -0.1) is 0 Å². The molecule has 2 saturated heterocycles. The first-order valence-electron chi connectivity index (χ1n) is 8.89. The SMILES string of the molecule is CC(C)C(=O)NC(C(C)OCC12CCC(CC1)OC2)C(C)(C)O. The Morgan fingerprint density at radius 1 is 1.35 bits per heavy atom. The van der Waals surface area contributed by atoms with Crippen LogP contribution in [0.15, 0.2) is 0 Å². The average molecular weight is 327 g/mol. The van der Waals surface area contributed by atoms with Gasteiger partial charge in [-0.05, 0) is 46.5 Å². The molecule has 134 valence electrons. The third-order valence-corrected chi connectivity index (χ3v) is 5.32. The molecule has 1 aliphatic carbocycles. The van der Waals surface area contributed by atoms with Crippen LogP contribution in [-0.2, 0) is 14.3 Å². The van der Waals surface area contributed by atoms with Crippen LogP contribution in [0.5, 0.6) is 0 Å². The number of aliphatic hydroxyl groups is 1. The largest absolute Gasteiger partial charge is 0.388 e. The van der Waals surface area contributed by atoms with Gasteiger partial charge in [0.05, 0.1) is 37.1 Å². The van der Waals surface area contributed by atoms with Crippen LogP contribution < -0.4 is 5.32 Å². The first-order valence-corrected chi connectivity index (χ1v) is 8.89. The maximum absolute atomic E-state index is 12.0. The summed E-state index contributed by atoms with van der Waals surface area (Å²) in [7, 11) is 0. The van der Waals surface area contributed by atoms with Crippen molar-refractivity contribution in [1.29, 1.82) is 0 Å². The number of ether oxygens (including phenoxy) is 2. The highest BCUT2D eigenvalue weighted by molar-refractivity contribution is 5.78. The van der Waals surface area contributed by atoms with Crippen molar-refractivity contribution in [2.45, 2.75) is 84.2 Å². The summed E-state index contributed by atoms with van der Waals surface area (Å²) in [5, 5.41) is 13.4. The summed E-state index contributed by atoms with van der Waals surface area (Å²) in [5.41, 5.74) is -0.919. The fraction of sp³-hybridized carbons (Fsp3) is 0.944. The van der Waals surface area contributed by atoms with Gasteiger partial charge in [0.1, 0.15) is 0 Å². The molecule has 2 atom stereocenters. The Labute approximate surface area is 140 Å². The summed E-state index contributed by atoms with van der Waals surface area (Å²) in [5.74, 6) is -0.181. The van der Waals surface area contributed by atoms with Crippen LogP contribution in [0.1, 0.15) is 60.3 Å². The molecule has 0 aromatic heterocycles. The van der Waals surface area contributed by atoms with Gasteiger partial charge in [0.15, 0.2) is 0 Å². The Hall–Kier alpha value is -0.650. The topological polar surface area (TPSA) is 67.8 Å². The first-order chi connectivity index (χ1) is 10.6. The molecule has 2 unspecified atom stereocenters. The highest BCUT2D eigenvalue weighted by Gasteiger charge is 2.43. The van der Waals surface area contributed by atoms with Gasteiger partial charge >= 0.3 is 0 Å². The number of nitrogens with one attached hydrogen (secondary N) is 1. The van der Waals surface area contributed by atoms with E-state index in [2.05, 4.69) is 5.32 Å². The van der Waals surface area contributed by atoms with Crippen molar-refractivity contribution in [3.63, 3.8) is 0 Å². The summed E-state index contributed by atoms with van der Waals surface area (Å²) in [6.07, 6.45) is 4.73. The molecule has 2 bridgehead atoms. The van der Waals surface area contributed by atoms with Crippen molar-refractivity contribution in [2.24, 2.45) is 11.3 Å². The zero-order valence-corrected chi connectivity index (χ0v) is 15.2. The predicted octanol–water partition coefficient (Wildman–Crippen LogP) is 2.26. The lowest BCUT2D eigenvalue weighted by Crippen LogP contribution is -2.57. The van der Waals surface area contributed by atoms with E-state index in [1.54, 1.807) is 13.8 Å². The molecule has 5 nitrogen and oxygen atoms in total. The Balaban J connectivity index is 1.94. The number of rotatable bonds is 7. The van der Waals surface area contributed by atoms with E-state index in [-0.39, 0.29) is 23.3 Å². The highest BCUT2D eigenvalue weighted by Crippen LogP contribution is 2.43. The quantitative estimate of drug-likeness (QED) is 0.753. The smallest absolute Gasteiger partial charge is 0.222 e. The molecule has 0 spiro atoms. The minimum Gasteiger partial charge on any atom is -0.388 e. The van der Waals surface area contributed by atoms with Gasteiger partial charge in [0, 0.05) is 11.3 Å². The second-order valence-corrected chi connectivity index (χ2v) is 8.32. The second-order valence-electron chi connectivity index (χ2n) is 8.32. The molecular weight excluding hydrogens is 294 g/mol. The number of amides is 1. The van der Waals surface area contributed by atoms with E-state index in [9.17, 15) is 9.90 Å². The molecule has 0 radical (unpaired) electrons. The Bertz CT molecular complexity index is 394. The van der Waals surface area contributed by atoms with Crippen LogP contribution in [0, 0.1) is 11.3 Å². The number of fused-ring (bicyclic) bond motifs is 3. The predicted molar refractivity (Wildman–Crippen MR) is 89.1 cm³/mol. The molecule has 23 heavy (non-hydrogen) atoms. The van der Waals surface area contributed by atoms with Gasteiger partial charge in [0.25, 0.3) is 0 Å². The molecule has 3 aliphatic rings.